The molecule has 2 unspecified atom stereocenters. The van der Waals surface area contributed by atoms with Gasteiger partial charge in [-0.3, -0.25) is 0 Å². The summed E-state index contributed by atoms with van der Waals surface area (Å²) in [5.41, 5.74) is 9.60. The predicted octanol–water partition coefficient (Wildman–Crippen LogP) is 2.70. The van der Waals surface area contributed by atoms with Crippen molar-refractivity contribution in [2.75, 3.05) is 7.11 Å². The number of benzene rings is 1. The first-order valence-electron chi connectivity index (χ1n) is 7.07. The normalized spacial score (nSPS) is 21.6. The van der Waals surface area contributed by atoms with Gasteiger partial charge in [0.2, 0.25) is 0 Å². The van der Waals surface area contributed by atoms with Crippen LogP contribution in [0.25, 0.3) is 11.3 Å². The fourth-order valence-corrected chi connectivity index (χ4v) is 3.14. The highest BCUT2D eigenvalue weighted by Gasteiger charge is 2.27. The first-order chi connectivity index (χ1) is 9.60. The number of aromatic nitrogens is 2. The summed E-state index contributed by atoms with van der Waals surface area (Å²) in [5.74, 6) is 2.45. The summed E-state index contributed by atoms with van der Waals surface area (Å²) in [6, 6.07) is 8.35. The molecule has 0 saturated carbocycles. The van der Waals surface area contributed by atoms with E-state index in [4.69, 9.17) is 15.5 Å². The summed E-state index contributed by atoms with van der Waals surface area (Å²) in [5, 5.41) is 0. The van der Waals surface area contributed by atoms with E-state index in [0.29, 0.717) is 5.92 Å². The maximum Gasteiger partial charge on any atom is 0.118 e. The number of aryl methyl sites for hydroxylation is 1. The number of hydrogen-bond donors (Lipinski definition) is 1. The maximum absolute atomic E-state index is 6.17. The molecule has 0 saturated heterocycles. The van der Waals surface area contributed by atoms with Crippen molar-refractivity contribution >= 4 is 0 Å². The number of imidazole rings is 1. The Balaban J connectivity index is 2.09. The third-order valence-electron chi connectivity index (χ3n) is 4.05. The summed E-state index contributed by atoms with van der Waals surface area (Å²) < 4.78 is 7.51. The number of fused-ring (bicyclic) bond motifs is 1. The molecule has 0 radical (unpaired) electrons. The number of ether oxygens (including phenoxy) is 1. The number of hydrogen-bond acceptors (Lipinski definition) is 3. The number of rotatable bonds is 2. The van der Waals surface area contributed by atoms with Gasteiger partial charge in [0.25, 0.3) is 0 Å². The van der Waals surface area contributed by atoms with Crippen molar-refractivity contribution in [1.29, 1.82) is 0 Å². The quantitative estimate of drug-likeness (QED) is 0.913. The monoisotopic (exact) mass is 271 g/mol. The van der Waals surface area contributed by atoms with Gasteiger partial charge in [-0.05, 0) is 37.6 Å². The number of methoxy groups -OCH3 is 1. The average Bonchev–Trinajstić information content (AvgIpc) is 2.76. The highest BCUT2D eigenvalue weighted by Crippen LogP contribution is 2.33. The molecule has 0 fully saturated rings. The van der Waals surface area contributed by atoms with Gasteiger partial charge < -0.3 is 15.0 Å². The van der Waals surface area contributed by atoms with Crippen molar-refractivity contribution in [3.8, 4) is 17.0 Å². The Morgan fingerprint density at radius 1 is 1.30 bits per heavy atom. The Morgan fingerprint density at radius 3 is 2.65 bits per heavy atom. The van der Waals surface area contributed by atoms with Crippen LogP contribution in [0.4, 0.5) is 0 Å². The van der Waals surface area contributed by atoms with E-state index in [1.54, 1.807) is 7.11 Å². The molecule has 2 N–H and O–H groups in total. The van der Waals surface area contributed by atoms with Crippen LogP contribution in [0.1, 0.15) is 30.8 Å². The van der Waals surface area contributed by atoms with Gasteiger partial charge >= 0.3 is 0 Å². The van der Waals surface area contributed by atoms with Gasteiger partial charge in [0.15, 0.2) is 0 Å². The Labute approximate surface area is 119 Å². The lowest BCUT2D eigenvalue weighted by Crippen LogP contribution is -2.33. The van der Waals surface area contributed by atoms with E-state index in [2.05, 4.69) is 30.5 Å². The van der Waals surface area contributed by atoms with Gasteiger partial charge in [0.05, 0.1) is 18.5 Å². The van der Waals surface area contributed by atoms with Gasteiger partial charge in [0.1, 0.15) is 11.6 Å². The first kappa shape index (κ1) is 13.2. The van der Waals surface area contributed by atoms with Crippen LogP contribution in [0.2, 0.25) is 0 Å². The Kier molecular flexibility index (Phi) is 3.26. The van der Waals surface area contributed by atoms with Crippen molar-refractivity contribution in [2.24, 2.45) is 5.73 Å². The third-order valence-corrected chi connectivity index (χ3v) is 4.05. The van der Waals surface area contributed by atoms with Crippen LogP contribution in [0.5, 0.6) is 5.75 Å². The number of nitrogens with zero attached hydrogens (tertiary/aromatic N) is 2. The molecule has 1 aromatic heterocycles. The second-order valence-corrected chi connectivity index (χ2v) is 5.64. The van der Waals surface area contributed by atoms with Crippen LogP contribution < -0.4 is 10.5 Å². The Bertz CT molecular complexity index is 615. The van der Waals surface area contributed by atoms with Crippen LogP contribution in [0, 0.1) is 6.92 Å². The fraction of sp³-hybridized carbons (Fsp3) is 0.438. The summed E-state index contributed by atoms with van der Waals surface area (Å²) >= 11 is 0. The molecule has 1 aliphatic rings. The molecule has 2 atom stereocenters. The lowest BCUT2D eigenvalue weighted by molar-refractivity contribution is 0.409. The highest BCUT2D eigenvalue weighted by molar-refractivity contribution is 5.64. The molecule has 3 rings (SSSR count). The van der Waals surface area contributed by atoms with Crippen LogP contribution in [0.15, 0.2) is 24.3 Å². The zero-order chi connectivity index (χ0) is 14.3. The minimum absolute atomic E-state index is 0.211. The maximum atomic E-state index is 6.17. The molecule has 1 aliphatic heterocycles. The van der Waals surface area contributed by atoms with Crippen LogP contribution in [-0.2, 0) is 6.54 Å². The van der Waals surface area contributed by atoms with Crippen molar-refractivity contribution < 1.29 is 4.74 Å². The van der Waals surface area contributed by atoms with Gasteiger partial charge in [0, 0.05) is 24.1 Å². The van der Waals surface area contributed by atoms with Crippen LogP contribution >= 0.6 is 0 Å². The zero-order valence-electron chi connectivity index (χ0n) is 12.3. The van der Waals surface area contributed by atoms with Gasteiger partial charge in [-0.1, -0.05) is 6.92 Å². The van der Waals surface area contributed by atoms with Gasteiger partial charge in [-0.25, -0.2) is 4.98 Å². The molecule has 0 bridgehead atoms. The zero-order valence-corrected chi connectivity index (χ0v) is 12.3. The second kappa shape index (κ2) is 4.94. The lowest BCUT2D eigenvalue weighted by atomic mass is 9.97. The van der Waals surface area contributed by atoms with Gasteiger partial charge in [-0.2, -0.15) is 0 Å². The van der Waals surface area contributed by atoms with E-state index < -0.39 is 0 Å². The van der Waals surface area contributed by atoms with E-state index in [-0.39, 0.29) is 6.04 Å². The standard InChI is InChI=1S/C16H21N3O/c1-10-8-13(17)9-19-15(11(2)18-16(10)19)12-4-6-14(20-3)7-5-12/h4-7,10,13H,8-9,17H2,1-3H3. The first-order valence-corrected chi connectivity index (χ1v) is 7.07. The molecular weight excluding hydrogens is 250 g/mol. The number of nitrogens with two attached hydrogens (primary N) is 1. The van der Waals surface area contributed by atoms with E-state index in [9.17, 15) is 0 Å². The van der Waals surface area contributed by atoms with Gasteiger partial charge in [-0.15, -0.1) is 0 Å². The fourth-order valence-electron chi connectivity index (χ4n) is 3.14. The Morgan fingerprint density at radius 2 is 2.00 bits per heavy atom. The third kappa shape index (κ3) is 2.10. The van der Waals surface area contributed by atoms with Crippen molar-refractivity contribution in [2.45, 2.75) is 38.8 Å². The largest absolute Gasteiger partial charge is 0.497 e. The summed E-state index contributed by atoms with van der Waals surface area (Å²) in [4.78, 5) is 4.76. The van der Waals surface area contributed by atoms with Crippen molar-refractivity contribution in [3.63, 3.8) is 0 Å². The summed E-state index contributed by atoms with van der Waals surface area (Å²) in [6.45, 7) is 5.13. The Hall–Kier alpha value is -1.81. The molecule has 1 aromatic carbocycles. The highest BCUT2D eigenvalue weighted by atomic mass is 16.5. The predicted molar refractivity (Wildman–Crippen MR) is 80.0 cm³/mol. The molecule has 4 nitrogen and oxygen atoms in total. The van der Waals surface area contributed by atoms with E-state index in [1.807, 2.05) is 12.1 Å². The smallest absolute Gasteiger partial charge is 0.118 e. The lowest BCUT2D eigenvalue weighted by Gasteiger charge is -2.27. The van der Waals surface area contributed by atoms with Crippen molar-refractivity contribution in [3.05, 3.63) is 35.8 Å². The molecule has 2 aromatic rings. The van der Waals surface area contributed by atoms with Crippen molar-refractivity contribution in [1.82, 2.24) is 9.55 Å². The summed E-state index contributed by atoms with van der Waals surface area (Å²) in [6.07, 6.45) is 1.01. The van der Waals surface area contributed by atoms with Crippen LogP contribution in [-0.4, -0.2) is 22.7 Å². The van der Waals surface area contributed by atoms with E-state index >= 15 is 0 Å². The molecule has 20 heavy (non-hydrogen) atoms. The van der Waals surface area contributed by atoms with E-state index in [0.717, 1.165) is 30.2 Å². The summed E-state index contributed by atoms with van der Waals surface area (Å²) in [7, 11) is 1.68. The SMILES string of the molecule is COc1ccc(-c2c(C)nc3n2CC(N)CC3C)cc1. The molecule has 0 aliphatic carbocycles. The molecule has 106 valence electrons. The second-order valence-electron chi connectivity index (χ2n) is 5.64. The van der Waals surface area contributed by atoms with Crippen LogP contribution in [0.3, 0.4) is 0 Å². The molecule has 2 heterocycles. The van der Waals surface area contributed by atoms with E-state index in [1.165, 1.54) is 11.3 Å². The minimum Gasteiger partial charge on any atom is -0.497 e. The molecular formula is C16H21N3O. The topological polar surface area (TPSA) is 53.1 Å². The molecule has 0 spiro atoms. The molecule has 0 amide bonds. The average molecular weight is 271 g/mol. The molecule has 4 heteroatoms. The minimum atomic E-state index is 0.211.